The van der Waals surface area contributed by atoms with Crippen LogP contribution in [0.3, 0.4) is 0 Å². The Balaban J connectivity index is 2.09. The molecule has 0 fully saturated rings. The summed E-state index contributed by atoms with van der Waals surface area (Å²) < 4.78 is 2.07. The molecule has 0 bridgehead atoms. The number of nitrogens with zero attached hydrogens (tertiary/aromatic N) is 3. The number of hydrogen-bond donors (Lipinski definition) is 1. The molecule has 4 nitrogen and oxygen atoms in total. The normalized spacial score (nSPS) is 12.8. The summed E-state index contributed by atoms with van der Waals surface area (Å²) in [5, 5.41) is 4.66. The SMILES string of the molecule is CCC(CC)n1ccc(CC(N)c2cnccc2C)n1. The van der Waals surface area contributed by atoms with Crippen LogP contribution in [0.2, 0.25) is 0 Å². The van der Waals surface area contributed by atoms with Gasteiger partial charge < -0.3 is 5.73 Å². The van der Waals surface area contributed by atoms with Crippen molar-refractivity contribution >= 4 is 0 Å². The third kappa shape index (κ3) is 3.25. The zero-order valence-electron chi connectivity index (χ0n) is 12.6. The fraction of sp³-hybridized carbons (Fsp3) is 0.500. The van der Waals surface area contributed by atoms with E-state index in [0.717, 1.165) is 30.5 Å². The van der Waals surface area contributed by atoms with Gasteiger partial charge in [0.15, 0.2) is 0 Å². The number of nitrogens with two attached hydrogens (primary N) is 1. The van der Waals surface area contributed by atoms with Gasteiger partial charge in [-0.05, 0) is 43.0 Å². The van der Waals surface area contributed by atoms with Gasteiger partial charge >= 0.3 is 0 Å². The largest absolute Gasteiger partial charge is 0.324 e. The molecule has 2 aromatic rings. The molecule has 1 unspecified atom stereocenters. The molecule has 0 aliphatic carbocycles. The summed E-state index contributed by atoms with van der Waals surface area (Å²) in [6.45, 7) is 6.46. The monoisotopic (exact) mass is 272 g/mol. The molecule has 1 atom stereocenters. The Morgan fingerprint density at radius 1 is 1.25 bits per heavy atom. The Morgan fingerprint density at radius 2 is 2.00 bits per heavy atom. The molecule has 2 rings (SSSR count). The van der Waals surface area contributed by atoms with Gasteiger partial charge in [0.2, 0.25) is 0 Å². The van der Waals surface area contributed by atoms with E-state index in [1.807, 2.05) is 12.3 Å². The van der Waals surface area contributed by atoms with E-state index in [1.54, 1.807) is 6.20 Å². The molecule has 2 aromatic heterocycles. The molecular weight excluding hydrogens is 248 g/mol. The topological polar surface area (TPSA) is 56.7 Å². The summed E-state index contributed by atoms with van der Waals surface area (Å²) in [6.07, 6.45) is 8.68. The van der Waals surface area contributed by atoms with Crippen molar-refractivity contribution in [3.05, 3.63) is 47.5 Å². The molecule has 108 valence electrons. The molecule has 4 heteroatoms. The van der Waals surface area contributed by atoms with Crippen molar-refractivity contribution < 1.29 is 0 Å². The molecule has 0 saturated carbocycles. The van der Waals surface area contributed by atoms with Crippen LogP contribution < -0.4 is 5.73 Å². The second-order valence-corrected chi connectivity index (χ2v) is 5.30. The van der Waals surface area contributed by atoms with Gasteiger partial charge in [0, 0.05) is 31.1 Å². The molecule has 0 aliphatic heterocycles. The summed E-state index contributed by atoms with van der Waals surface area (Å²) in [5.41, 5.74) is 9.63. The average Bonchev–Trinajstić information content (AvgIpc) is 2.89. The Bertz CT molecular complexity index is 543. The Hall–Kier alpha value is -1.68. The molecule has 0 radical (unpaired) electrons. The molecular formula is C16H24N4. The Kier molecular flexibility index (Phi) is 4.90. The predicted octanol–water partition coefficient (Wildman–Crippen LogP) is 3.19. The highest BCUT2D eigenvalue weighted by Crippen LogP contribution is 2.19. The van der Waals surface area contributed by atoms with Crippen molar-refractivity contribution in [3.8, 4) is 0 Å². The molecule has 0 aromatic carbocycles. The zero-order chi connectivity index (χ0) is 14.5. The fourth-order valence-corrected chi connectivity index (χ4v) is 2.55. The highest BCUT2D eigenvalue weighted by molar-refractivity contribution is 5.25. The van der Waals surface area contributed by atoms with E-state index in [1.165, 1.54) is 5.56 Å². The fourth-order valence-electron chi connectivity index (χ4n) is 2.55. The maximum Gasteiger partial charge on any atom is 0.0643 e. The average molecular weight is 272 g/mol. The summed E-state index contributed by atoms with van der Waals surface area (Å²) in [7, 11) is 0. The van der Waals surface area contributed by atoms with E-state index in [9.17, 15) is 0 Å². The third-order valence-electron chi connectivity index (χ3n) is 3.89. The molecule has 2 N–H and O–H groups in total. The minimum atomic E-state index is -0.0475. The van der Waals surface area contributed by atoms with Crippen LogP contribution in [-0.4, -0.2) is 14.8 Å². The van der Waals surface area contributed by atoms with Crippen molar-refractivity contribution in [3.63, 3.8) is 0 Å². The van der Waals surface area contributed by atoms with Crippen molar-refractivity contribution in [2.24, 2.45) is 5.73 Å². The third-order valence-corrected chi connectivity index (χ3v) is 3.89. The lowest BCUT2D eigenvalue weighted by molar-refractivity contribution is 0.424. The van der Waals surface area contributed by atoms with Gasteiger partial charge in [0.05, 0.1) is 11.7 Å². The van der Waals surface area contributed by atoms with E-state index in [0.29, 0.717) is 6.04 Å². The van der Waals surface area contributed by atoms with E-state index in [2.05, 4.69) is 47.8 Å². The predicted molar refractivity (Wildman–Crippen MR) is 81.5 cm³/mol. The quantitative estimate of drug-likeness (QED) is 0.878. The molecule has 2 heterocycles. The number of hydrogen-bond acceptors (Lipinski definition) is 3. The second kappa shape index (κ2) is 6.66. The van der Waals surface area contributed by atoms with Gasteiger partial charge in [0.25, 0.3) is 0 Å². The lowest BCUT2D eigenvalue weighted by Gasteiger charge is -2.14. The molecule has 0 spiro atoms. The van der Waals surface area contributed by atoms with Crippen LogP contribution in [0.4, 0.5) is 0 Å². The first-order chi connectivity index (χ1) is 9.65. The van der Waals surface area contributed by atoms with Crippen LogP contribution in [0.15, 0.2) is 30.7 Å². The summed E-state index contributed by atoms with van der Waals surface area (Å²) >= 11 is 0. The number of pyridine rings is 1. The van der Waals surface area contributed by atoms with Gasteiger partial charge in [-0.2, -0.15) is 5.10 Å². The van der Waals surface area contributed by atoms with Gasteiger partial charge in [-0.25, -0.2) is 0 Å². The van der Waals surface area contributed by atoms with Gasteiger partial charge in [-0.1, -0.05) is 13.8 Å². The summed E-state index contributed by atoms with van der Waals surface area (Å²) in [6, 6.07) is 4.51. The lowest BCUT2D eigenvalue weighted by Crippen LogP contribution is -2.16. The standard InChI is InChI=1S/C16H24N4/c1-4-14(5-2)20-9-7-13(19-20)10-16(17)15-11-18-8-6-12(15)3/h6-9,11,14,16H,4-5,10,17H2,1-3H3. The van der Waals surface area contributed by atoms with Crippen LogP contribution in [0.1, 0.15) is 55.6 Å². The van der Waals surface area contributed by atoms with Crippen LogP contribution in [0.5, 0.6) is 0 Å². The van der Waals surface area contributed by atoms with Crippen LogP contribution >= 0.6 is 0 Å². The number of rotatable bonds is 6. The highest BCUT2D eigenvalue weighted by atomic mass is 15.3. The maximum atomic E-state index is 6.29. The second-order valence-electron chi connectivity index (χ2n) is 5.30. The number of aryl methyl sites for hydroxylation is 1. The first-order valence-corrected chi connectivity index (χ1v) is 7.35. The maximum absolute atomic E-state index is 6.29. The molecule has 0 saturated heterocycles. The zero-order valence-corrected chi connectivity index (χ0v) is 12.6. The van der Waals surface area contributed by atoms with E-state index < -0.39 is 0 Å². The van der Waals surface area contributed by atoms with Gasteiger partial charge in [-0.3, -0.25) is 9.67 Å². The lowest BCUT2D eigenvalue weighted by atomic mass is 10.0. The Morgan fingerprint density at radius 3 is 2.65 bits per heavy atom. The van der Waals surface area contributed by atoms with E-state index in [-0.39, 0.29) is 6.04 Å². The van der Waals surface area contributed by atoms with Crippen molar-refractivity contribution in [2.75, 3.05) is 0 Å². The van der Waals surface area contributed by atoms with Crippen LogP contribution in [0, 0.1) is 6.92 Å². The van der Waals surface area contributed by atoms with E-state index in [4.69, 9.17) is 5.73 Å². The highest BCUT2D eigenvalue weighted by Gasteiger charge is 2.13. The summed E-state index contributed by atoms with van der Waals surface area (Å²) in [4.78, 5) is 4.16. The minimum Gasteiger partial charge on any atom is -0.324 e. The minimum absolute atomic E-state index is 0.0475. The smallest absolute Gasteiger partial charge is 0.0643 e. The Labute approximate surface area is 121 Å². The van der Waals surface area contributed by atoms with Gasteiger partial charge in [0.1, 0.15) is 0 Å². The van der Waals surface area contributed by atoms with E-state index >= 15 is 0 Å². The van der Waals surface area contributed by atoms with Crippen molar-refractivity contribution in [1.29, 1.82) is 0 Å². The number of aromatic nitrogens is 3. The molecule has 0 aliphatic rings. The molecule has 0 amide bonds. The molecule has 20 heavy (non-hydrogen) atoms. The first-order valence-electron chi connectivity index (χ1n) is 7.35. The van der Waals surface area contributed by atoms with Gasteiger partial charge in [-0.15, -0.1) is 0 Å². The first kappa shape index (κ1) is 14.7. The van der Waals surface area contributed by atoms with Crippen molar-refractivity contribution in [2.45, 2.75) is 52.1 Å². The summed E-state index contributed by atoms with van der Waals surface area (Å²) in [5.74, 6) is 0. The van der Waals surface area contributed by atoms with Crippen molar-refractivity contribution in [1.82, 2.24) is 14.8 Å². The van der Waals surface area contributed by atoms with Crippen LogP contribution in [0.25, 0.3) is 0 Å². The van der Waals surface area contributed by atoms with Crippen LogP contribution in [-0.2, 0) is 6.42 Å².